The predicted octanol–water partition coefficient (Wildman–Crippen LogP) is 6.57. The van der Waals surface area contributed by atoms with Gasteiger partial charge in [-0.2, -0.15) is 0 Å². The van der Waals surface area contributed by atoms with Crippen LogP contribution in [-0.4, -0.2) is 13.7 Å². The summed E-state index contributed by atoms with van der Waals surface area (Å²) in [4.78, 5) is 0. The van der Waals surface area contributed by atoms with E-state index in [1.165, 1.54) is 0 Å². The average molecular weight is 451 g/mol. The molecule has 0 aliphatic carbocycles. The molecule has 0 saturated carbocycles. The Kier molecular flexibility index (Phi) is 8.08. The Hall–Kier alpha value is -1.91. The fraction of sp³-hybridized carbons (Fsp3) is 0.217. The molecule has 0 aliphatic rings. The molecule has 0 aromatic heterocycles. The van der Waals surface area contributed by atoms with Crippen molar-refractivity contribution in [2.75, 3.05) is 13.7 Å². The molecule has 0 heterocycles. The van der Waals surface area contributed by atoms with Crippen LogP contribution in [-0.2, 0) is 19.6 Å². The summed E-state index contributed by atoms with van der Waals surface area (Å²) in [7, 11) is 1.64. The van der Waals surface area contributed by atoms with Gasteiger partial charge >= 0.3 is 0 Å². The number of ether oxygens (including phenoxy) is 2. The van der Waals surface area contributed by atoms with Crippen molar-refractivity contribution >= 4 is 34.8 Å². The summed E-state index contributed by atoms with van der Waals surface area (Å²) in [6, 6.07) is 19.1. The molecular formula is C23H22Cl3NO2. The second-order valence-corrected chi connectivity index (χ2v) is 7.81. The lowest BCUT2D eigenvalue weighted by molar-refractivity contribution is 0.280. The summed E-state index contributed by atoms with van der Waals surface area (Å²) in [6.45, 7) is 1.86. The molecule has 0 fully saturated rings. The van der Waals surface area contributed by atoms with Gasteiger partial charge in [0, 0.05) is 27.2 Å². The van der Waals surface area contributed by atoms with Crippen molar-refractivity contribution < 1.29 is 9.47 Å². The Bertz CT molecular complexity index is 945. The molecule has 0 radical (unpaired) electrons. The van der Waals surface area contributed by atoms with Gasteiger partial charge in [0.15, 0.2) is 11.5 Å². The molecule has 3 rings (SSSR count). The quantitative estimate of drug-likeness (QED) is 0.374. The van der Waals surface area contributed by atoms with E-state index in [4.69, 9.17) is 44.3 Å². The fourth-order valence-electron chi connectivity index (χ4n) is 2.93. The average Bonchev–Trinajstić information content (AvgIpc) is 2.72. The van der Waals surface area contributed by atoms with Crippen LogP contribution in [0.1, 0.15) is 16.7 Å². The Balaban J connectivity index is 1.61. The lowest BCUT2D eigenvalue weighted by Gasteiger charge is -2.16. The minimum absolute atomic E-state index is 0.435. The van der Waals surface area contributed by atoms with Gasteiger partial charge in [0.25, 0.3) is 0 Å². The van der Waals surface area contributed by atoms with Crippen LogP contribution < -0.4 is 14.8 Å². The normalized spacial score (nSPS) is 10.8. The third-order valence-electron chi connectivity index (χ3n) is 4.48. The SMILES string of the molecule is COc1cccc(CNCCc2ccc(Cl)cc2Cl)c1OCc1ccc(Cl)cc1. The monoisotopic (exact) mass is 449 g/mol. The second kappa shape index (κ2) is 10.7. The summed E-state index contributed by atoms with van der Waals surface area (Å²) in [6.07, 6.45) is 0.806. The van der Waals surface area contributed by atoms with Crippen molar-refractivity contribution in [3.8, 4) is 11.5 Å². The van der Waals surface area contributed by atoms with Crippen molar-refractivity contribution in [2.24, 2.45) is 0 Å². The largest absolute Gasteiger partial charge is 0.493 e. The number of hydrogen-bond acceptors (Lipinski definition) is 3. The zero-order valence-electron chi connectivity index (χ0n) is 16.1. The van der Waals surface area contributed by atoms with E-state index in [0.717, 1.165) is 35.4 Å². The molecule has 0 spiro atoms. The first-order valence-corrected chi connectivity index (χ1v) is 10.4. The van der Waals surface area contributed by atoms with Gasteiger partial charge in [0.05, 0.1) is 7.11 Å². The molecule has 3 aromatic rings. The number of benzene rings is 3. The topological polar surface area (TPSA) is 30.5 Å². The van der Waals surface area contributed by atoms with Gasteiger partial charge < -0.3 is 14.8 Å². The molecule has 6 heteroatoms. The molecule has 1 N–H and O–H groups in total. The van der Waals surface area contributed by atoms with E-state index in [1.54, 1.807) is 13.2 Å². The van der Waals surface area contributed by atoms with Crippen LogP contribution in [0, 0.1) is 0 Å². The van der Waals surface area contributed by atoms with Crippen LogP contribution in [0.2, 0.25) is 15.1 Å². The summed E-state index contributed by atoms with van der Waals surface area (Å²) >= 11 is 18.1. The maximum atomic E-state index is 6.24. The Morgan fingerprint density at radius 3 is 2.34 bits per heavy atom. The highest BCUT2D eigenvalue weighted by Gasteiger charge is 2.11. The molecule has 29 heavy (non-hydrogen) atoms. The van der Waals surface area contributed by atoms with Crippen LogP contribution in [0.25, 0.3) is 0 Å². The molecule has 3 aromatic carbocycles. The van der Waals surface area contributed by atoms with E-state index in [0.29, 0.717) is 34.0 Å². The Labute approximate surface area is 186 Å². The summed E-state index contributed by atoms with van der Waals surface area (Å²) < 4.78 is 11.6. The zero-order valence-corrected chi connectivity index (χ0v) is 18.3. The first-order valence-electron chi connectivity index (χ1n) is 9.24. The molecule has 0 saturated heterocycles. The number of para-hydroxylation sites is 1. The van der Waals surface area contributed by atoms with Crippen LogP contribution in [0.3, 0.4) is 0 Å². The first kappa shape index (κ1) is 21.8. The van der Waals surface area contributed by atoms with Crippen LogP contribution >= 0.6 is 34.8 Å². The van der Waals surface area contributed by atoms with Crippen molar-refractivity contribution in [1.82, 2.24) is 5.32 Å². The summed E-state index contributed by atoms with van der Waals surface area (Å²) in [5.74, 6) is 1.45. The van der Waals surface area contributed by atoms with Crippen molar-refractivity contribution in [3.63, 3.8) is 0 Å². The molecule has 0 bridgehead atoms. The number of nitrogens with one attached hydrogen (secondary N) is 1. The van der Waals surface area contributed by atoms with Crippen LogP contribution in [0.5, 0.6) is 11.5 Å². The lowest BCUT2D eigenvalue weighted by atomic mass is 10.1. The second-order valence-electron chi connectivity index (χ2n) is 6.53. The standard InChI is InChI=1S/C23H22Cl3NO2/c1-28-22-4-2-3-18(23(22)29-15-16-5-8-19(24)9-6-16)14-27-12-11-17-7-10-20(25)13-21(17)26/h2-10,13,27H,11-12,14-15H2,1H3. The molecule has 0 atom stereocenters. The molecule has 0 amide bonds. The predicted molar refractivity (Wildman–Crippen MR) is 121 cm³/mol. The summed E-state index contributed by atoms with van der Waals surface area (Å²) in [5, 5.41) is 5.48. The molecule has 3 nitrogen and oxygen atoms in total. The minimum Gasteiger partial charge on any atom is -0.493 e. The van der Waals surface area contributed by atoms with E-state index in [2.05, 4.69) is 5.32 Å². The maximum absolute atomic E-state index is 6.24. The third kappa shape index (κ3) is 6.28. The van der Waals surface area contributed by atoms with Crippen LogP contribution in [0.15, 0.2) is 60.7 Å². The highest BCUT2D eigenvalue weighted by molar-refractivity contribution is 6.35. The van der Waals surface area contributed by atoms with E-state index < -0.39 is 0 Å². The lowest BCUT2D eigenvalue weighted by Crippen LogP contribution is -2.17. The van der Waals surface area contributed by atoms with Gasteiger partial charge in [-0.05, 0) is 54.4 Å². The number of hydrogen-bond donors (Lipinski definition) is 1. The first-order chi connectivity index (χ1) is 14.1. The molecule has 152 valence electrons. The Morgan fingerprint density at radius 2 is 1.62 bits per heavy atom. The van der Waals surface area contributed by atoms with Gasteiger partial charge in [-0.1, -0.05) is 65.1 Å². The van der Waals surface area contributed by atoms with E-state index in [9.17, 15) is 0 Å². The van der Waals surface area contributed by atoms with Gasteiger partial charge in [0.2, 0.25) is 0 Å². The van der Waals surface area contributed by atoms with Crippen LogP contribution in [0.4, 0.5) is 0 Å². The minimum atomic E-state index is 0.435. The third-order valence-corrected chi connectivity index (χ3v) is 5.32. The Morgan fingerprint density at radius 1 is 0.862 bits per heavy atom. The fourth-order valence-corrected chi connectivity index (χ4v) is 3.56. The van der Waals surface area contributed by atoms with Gasteiger partial charge in [-0.25, -0.2) is 0 Å². The highest BCUT2D eigenvalue weighted by atomic mass is 35.5. The van der Waals surface area contributed by atoms with Gasteiger partial charge in [-0.15, -0.1) is 0 Å². The maximum Gasteiger partial charge on any atom is 0.166 e. The van der Waals surface area contributed by atoms with Crippen molar-refractivity contribution in [3.05, 3.63) is 92.4 Å². The smallest absolute Gasteiger partial charge is 0.166 e. The highest BCUT2D eigenvalue weighted by Crippen LogP contribution is 2.32. The van der Waals surface area contributed by atoms with Crippen molar-refractivity contribution in [1.29, 1.82) is 0 Å². The molecule has 0 aliphatic heterocycles. The number of methoxy groups -OCH3 is 1. The molecule has 0 unspecified atom stereocenters. The van der Waals surface area contributed by atoms with Gasteiger partial charge in [-0.3, -0.25) is 0 Å². The number of rotatable bonds is 9. The van der Waals surface area contributed by atoms with Crippen molar-refractivity contribution in [2.45, 2.75) is 19.6 Å². The van der Waals surface area contributed by atoms with E-state index in [1.807, 2.05) is 54.6 Å². The van der Waals surface area contributed by atoms with E-state index in [-0.39, 0.29) is 0 Å². The van der Waals surface area contributed by atoms with E-state index >= 15 is 0 Å². The summed E-state index contributed by atoms with van der Waals surface area (Å²) in [5.41, 5.74) is 3.13. The molecular weight excluding hydrogens is 429 g/mol. The number of halogens is 3. The zero-order chi connectivity index (χ0) is 20.6. The van der Waals surface area contributed by atoms with Gasteiger partial charge in [0.1, 0.15) is 6.61 Å².